The molecule has 2 heterocycles. The molecule has 0 fully saturated rings. The van der Waals surface area contributed by atoms with Crippen molar-refractivity contribution in [3.05, 3.63) is 16.6 Å². The minimum absolute atomic E-state index is 0.145. The molecular formula is C10H14N4O2. The quantitative estimate of drug-likeness (QED) is 0.751. The van der Waals surface area contributed by atoms with Gasteiger partial charge in [0.15, 0.2) is 5.65 Å². The summed E-state index contributed by atoms with van der Waals surface area (Å²) in [4.78, 5) is 16.1. The predicted octanol–water partition coefficient (Wildman–Crippen LogP) is 0.719. The fourth-order valence-corrected chi connectivity index (χ4v) is 1.50. The van der Waals surface area contributed by atoms with E-state index in [1.807, 2.05) is 13.8 Å². The third kappa shape index (κ3) is 1.46. The summed E-state index contributed by atoms with van der Waals surface area (Å²) >= 11 is 0. The van der Waals surface area contributed by atoms with Gasteiger partial charge >= 0.3 is 6.01 Å². The van der Waals surface area contributed by atoms with Gasteiger partial charge < -0.3 is 4.74 Å². The molecule has 2 aromatic heterocycles. The Bertz CT molecular complexity index is 582. The zero-order valence-corrected chi connectivity index (χ0v) is 9.76. The minimum atomic E-state index is -0.145. The Hall–Kier alpha value is -1.85. The summed E-state index contributed by atoms with van der Waals surface area (Å²) in [6.45, 7) is 3.99. The molecule has 86 valence electrons. The van der Waals surface area contributed by atoms with Gasteiger partial charge in [0.2, 0.25) is 0 Å². The third-order valence-electron chi connectivity index (χ3n) is 2.45. The first-order valence-electron chi connectivity index (χ1n) is 5.04. The number of rotatable bonds is 2. The van der Waals surface area contributed by atoms with Crippen molar-refractivity contribution in [3.63, 3.8) is 0 Å². The molecule has 0 bridgehead atoms. The lowest BCUT2D eigenvalue weighted by molar-refractivity contribution is 0.359. The van der Waals surface area contributed by atoms with E-state index in [-0.39, 0.29) is 17.6 Å². The molecule has 16 heavy (non-hydrogen) atoms. The number of fused-ring (bicyclic) bond motifs is 1. The van der Waals surface area contributed by atoms with Gasteiger partial charge in [0, 0.05) is 19.3 Å². The number of nitrogens with zero attached hydrogens (tertiary/aromatic N) is 4. The second kappa shape index (κ2) is 3.62. The van der Waals surface area contributed by atoms with Gasteiger partial charge in [0.25, 0.3) is 5.56 Å². The molecule has 0 unspecified atom stereocenters. The van der Waals surface area contributed by atoms with Gasteiger partial charge in [-0.25, -0.2) is 0 Å². The smallest absolute Gasteiger partial charge is 0.300 e. The van der Waals surface area contributed by atoms with E-state index in [9.17, 15) is 4.79 Å². The van der Waals surface area contributed by atoms with Crippen LogP contribution in [-0.2, 0) is 7.05 Å². The molecular weight excluding hydrogens is 208 g/mol. The van der Waals surface area contributed by atoms with Crippen molar-refractivity contribution in [2.75, 3.05) is 7.11 Å². The summed E-state index contributed by atoms with van der Waals surface area (Å²) in [6, 6.07) is 0.469. The van der Waals surface area contributed by atoms with Crippen molar-refractivity contribution in [2.45, 2.75) is 19.9 Å². The van der Waals surface area contributed by atoms with Gasteiger partial charge in [-0.3, -0.25) is 14.0 Å². The molecule has 0 saturated heterocycles. The van der Waals surface area contributed by atoms with Gasteiger partial charge in [0.05, 0.1) is 7.11 Å². The average molecular weight is 222 g/mol. The van der Waals surface area contributed by atoms with Crippen molar-refractivity contribution < 1.29 is 4.74 Å². The highest BCUT2D eigenvalue weighted by molar-refractivity contribution is 5.73. The van der Waals surface area contributed by atoms with E-state index in [0.29, 0.717) is 11.0 Å². The Morgan fingerprint density at radius 2 is 2.12 bits per heavy atom. The van der Waals surface area contributed by atoms with Crippen LogP contribution < -0.4 is 10.3 Å². The lowest BCUT2D eigenvalue weighted by Gasteiger charge is -2.03. The van der Waals surface area contributed by atoms with Gasteiger partial charge in [-0.2, -0.15) is 10.1 Å². The van der Waals surface area contributed by atoms with Crippen LogP contribution in [0, 0.1) is 0 Å². The zero-order chi connectivity index (χ0) is 11.9. The summed E-state index contributed by atoms with van der Waals surface area (Å²) in [5, 5.41) is 4.75. The van der Waals surface area contributed by atoms with E-state index in [1.165, 1.54) is 11.7 Å². The van der Waals surface area contributed by atoms with Crippen LogP contribution >= 0.6 is 0 Å². The van der Waals surface area contributed by atoms with Crippen LogP contribution in [0.4, 0.5) is 0 Å². The maximum absolute atomic E-state index is 11.9. The number of hydrogen-bond acceptors (Lipinski definition) is 4. The number of methoxy groups -OCH3 is 1. The molecule has 0 aromatic carbocycles. The number of ether oxygens (including phenoxy) is 1. The Morgan fingerprint density at radius 1 is 1.44 bits per heavy atom. The summed E-state index contributed by atoms with van der Waals surface area (Å²) in [6.07, 6.45) is 1.72. The largest absolute Gasteiger partial charge is 0.468 e. The van der Waals surface area contributed by atoms with Gasteiger partial charge in [-0.15, -0.1) is 0 Å². The SMILES string of the molecule is COc1nc2nn(C(C)C)cc2c(=O)n1C. The first kappa shape index (κ1) is 10.7. The average Bonchev–Trinajstić information content (AvgIpc) is 2.67. The molecule has 0 aliphatic heterocycles. The number of hydrogen-bond donors (Lipinski definition) is 0. The molecule has 0 radical (unpaired) electrons. The molecule has 0 atom stereocenters. The van der Waals surface area contributed by atoms with E-state index >= 15 is 0 Å². The monoisotopic (exact) mass is 222 g/mol. The van der Waals surface area contributed by atoms with Gasteiger partial charge in [-0.1, -0.05) is 0 Å². The lowest BCUT2D eigenvalue weighted by atomic mass is 10.4. The molecule has 0 aliphatic rings. The highest BCUT2D eigenvalue weighted by Gasteiger charge is 2.12. The lowest BCUT2D eigenvalue weighted by Crippen LogP contribution is -2.19. The number of aromatic nitrogens is 4. The van der Waals surface area contributed by atoms with Crippen molar-refractivity contribution >= 4 is 11.0 Å². The zero-order valence-electron chi connectivity index (χ0n) is 9.76. The second-order valence-electron chi connectivity index (χ2n) is 3.90. The van der Waals surface area contributed by atoms with Crippen molar-refractivity contribution in [1.29, 1.82) is 0 Å². The van der Waals surface area contributed by atoms with Crippen LogP contribution in [0.1, 0.15) is 19.9 Å². The van der Waals surface area contributed by atoms with Crippen LogP contribution in [-0.4, -0.2) is 26.4 Å². The molecule has 0 aliphatic carbocycles. The molecule has 0 spiro atoms. The van der Waals surface area contributed by atoms with Crippen LogP contribution in [0.3, 0.4) is 0 Å². The normalized spacial score (nSPS) is 11.3. The highest BCUT2D eigenvalue weighted by atomic mass is 16.5. The fourth-order valence-electron chi connectivity index (χ4n) is 1.50. The topological polar surface area (TPSA) is 61.9 Å². The van der Waals surface area contributed by atoms with Crippen LogP contribution in [0.2, 0.25) is 0 Å². The second-order valence-corrected chi connectivity index (χ2v) is 3.90. The van der Waals surface area contributed by atoms with Crippen molar-refractivity contribution in [1.82, 2.24) is 19.3 Å². The van der Waals surface area contributed by atoms with Crippen LogP contribution in [0.15, 0.2) is 11.0 Å². The Balaban J connectivity index is 2.78. The summed E-state index contributed by atoms with van der Waals surface area (Å²) in [5.74, 6) is 0. The third-order valence-corrected chi connectivity index (χ3v) is 2.45. The molecule has 6 nitrogen and oxygen atoms in total. The van der Waals surface area contributed by atoms with Crippen molar-refractivity contribution in [2.24, 2.45) is 7.05 Å². The molecule has 6 heteroatoms. The van der Waals surface area contributed by atoms with E-state index in [1.54, 1.807) is 17.9 Å². The Labute approximate surface area is 92.5 Å². The first-order valence-corrected chi connectivity index (χ1v) is 5.04. The summed E-state index contributed by atoms with van der Waals surface area (Å²) in [7, 11) is 3.10. The molecule has 0 saturated carbocycles. The standard InChI is InChI=1S/C10H14N4O2/c1-6(2)14-5-7-8(12-14)11-10(16-4)13(3)9(7)15/h5-6H,1-4H3. The summed E-state index contributed by atoms with van der Waals surface area (Å²) in [5.41, 5.74) is 0.280. The minimum Gasteiger partial charge on any atom is -0.468 e. The van der Waals surface area contributed by atoms with Gasteiger partial charge in [0.1, 0.15) is 5.39 Å². The van der Waals surface area contributed by atoms with E-state index in [0.717, 1.165) is 0 Å². The van der Waals surface area contributed by atoms with Crippen LogP contribution in [0.5, 0.6) is 6.01 Å². The van der Waals surface area contributed by atoms with E-state index < -0.39 is 0 Å². The first-order chi connectivity index (χ1) is 7.54. The molecule has 2 aromatic rings. The Kier molecular flexibility index (Phi) is 2.41. The summed E-state index contributed by atoms with van der Waals surface area (Å²) < 4.78 is 8.10. The van der Waals surface area contributed by atoms with E-state index in [2.05, 4.69) is 10.1 Å². The maximum Gasteiger partial charge on any atom is 0.300 e. The molecule has 0 amide bonds. The predicted molar refractivity (Wildman–Crippen MR) is 59.7 cm³/mol. The Morgan fingerprint density at radius 3 is 2.69 bits per heavy atom. The fraction of sp³-hybridized carbons (Fsp3) is 0.500. The molecule has 2 rings (SSSR count). The maximum atomic E-state index is 11.9. The van der Waals surface area contributed by atoms with Crippen molar-refractivity contribution in [3.8, 4) is 6.01 Å². The van der Waals surface area contributed by atoms with Gasteiger partial charge in [-0.05, 0) is 13.8 Å². The van der Waals surface area contributed by atoms with E-state index in [4.69, 9.17) is 4.74 Å². The highest BCUT2D eigenvalue weighted by Crippen LogP contribution is 2.12. The van der Waals surface area contributed by atoms with Crippen LogP contribution in [0.25, 0.3) is 11.0 Å². The molecule has 0 N–H and O–H groups in total.